The van der Waals surface area contributed by atoms with Crippen molar-refractivity contribution in [2.45, 2.75) is 44.4 Å². The Morgan fingerprint density at radius 3 is 2.65 bits per heavy atom. The quantitative estimate of drug-likeness (QED) is 0.377. The molecule has 2 heterocycles. The minimum absolute atomic E-state index is 0.109. The van der Waals surface area contributed by atoms with Crippen molar-refractivity contribution in [3.8, 4) is 5.75 Å². The lowest BCUT2D eigenvalue weighted by Crippen LogP contribution is -2.56. The molecule has 0 fully saturated rings. The lowest BCUT2D eigenvalue weighted by molar-refractivity contribution is -0.140. The van der Waals surface area contributed by atoms with Crippen LogP contribution in [0.1, 0.15) is 31.0 Å². The summed E-state index contributed by atoms with van der Waals surface area (Å²) in [6.45, 7) is 3.94. The van der Waals surface area contributed by atoms with Gasteiger partial charge < -0.3 is 30.2 Å². The van der Waals surface area contributed by atoms with E-state index in [-0.39, 0.29) is 30.9 Å². The van der Waals surface area contributed by atoms with E-state index in [4.69, 9.17) is 4.74 Å². The van der Waals surface area contributed by atoms with E-state index in [0.717, 1.165) is 22.2 Å². The number of aromatic amines is 1. The average Bonchev–Trinajstić information content (AvgIpc) is 3.50. The molecule has 8 heteroatoms. The molecular weight excluding hydrogens is 470 g/mol. The number of nitrogens with zero attached hydrogens (tertiary/aromatic N) is 1. The Labute approximate surface area is 215 Å². The molecule has 2 aromatic carbocycles. The Bertz CT molecular complexity index is 1300. The number of hydrogen-bond donors (Lipinski definition) is 4. The first-order valence-corrected chi connectivity index (χ1v) is 12.8. The number of aliphatic hydroxyl groups is 2. The molecule has 4 atom stereocenters. The third-order valence-corrected chi connectivity index (χ3v) is 7.22. The number of amides is 2. The standard InChI is InChI=1S/C29H33N3O5/c1-17(2)29(36)32(13-11-19-15-18-7-3-5-9-22(18)31-19)23-16-21(28(35)30-12-14-33)25-20-8-4-6-10-24(20)37-27(25)26(23)34/h3-10,15-17,23,25-27,31,33-34H,11-14H2,1-2H3,(H,30,35)/t23-,25+,26+,27+/m1/s1. The Morgan fingerprint density at radius 1 is 1.14 bits per heavy atom. The number of ether oxygens (including phenoxy) is 1. The number of aromatic nitrogens is 1. The van der Waals surface area contributed by atoms with E-state index in [1.54, 1.807) is 11.0 Å². The van der Waals surface area contributed by atoms with E-state index in [1.807, 2.05) is 62.4 Å². The first kappa shape index (κ1) is 25.0. The third-order valence-electron chi connectivity index (χ3n) is 7.22. The second-order valence-electron chi connectivity index (χ2n) is 10.00. The van der Waals surface area contributed by atoms with Crippen LogP contribution < -0.4 is 10.1 Å². The SMILES string of the molecule is CC(C)C(=O)N(CCc1cc2ccccc2[nH]1)[C@@H]1C=C(C(=O)NCCO)[C@@H]2c3ccccc3O[C@@H]2[C@H]1O. The van der Waals surface area contributed by atoms with Crippen molar-refractivity contribution >= 4 is 22.7 Å². The van der Waals surface area contributed by atoms with Crippen LogP contribution in [-0.4, -0.2) is 69.9 Å². The largest absolute Gasteiger partial charge is 0.486 e. The number of benzene rings is 2. The highest BCUT2D eigenvalue weighted by Crippen LogP contribution is 2.47. The summed E-state index contributed by atoms with van der Waals surface area (Å²) in [4.78, 5) is 31.7. The molecule has 2 amide bonds. The van der Waals surface area contributed by atoms with Crippen LogP contribution in [-0.2, 0) is 16.0 Å². The van der Waals surface area contributed by atoms with E-state index >= 15 is 0 Å². The number of H-pyrrole nitrogens is 1. The van der Waals surface area contributed by atoms with E-state index < -0.39 is 24.2 Å². The fourth-order valence-electron chi connectivity index (χ4n) is 5.44. The van der Waals surface area contributed by atoms with Gasteiger partial charge in [-0.15, -0.1) is 0 Å². The molecule has 0 saturated carbocycles. The molecule has 0 saturated heterocycles. The molecule has 0 radical (unpaired) electrons. The first-order valence-electron chi connectivity index (χ1n) is 12.8. The van der Waals surface area contributed by atoms with Gasteiger partial charge in [-0.1, -0.05) is 50.2 Å². The molecule has 3 aromatic rings. The normalized spacial score (nSPS) is 22.2. The van der Waals surface area contributed by atoms with Crippen molar-refractivity contribution in [1.29, 1.82) is 0 Å². The summed E-state index contributed by atoms with van der Waals surface area (Å²) < 4.78 is 6.17. The smallest absolute Gasteiger partial charge is 0.247 e. The molecule has 1 aliphatic heterocycles. The summed E-state index contributed by atoms with van der Waals surface area (Å²) in [6, 6.07) is 16.8. The minimum atomic E-state index is -1.03. The van der Waals surface area contributed by atoms with E-state index in [1.165, 1.54) is 0 Å². The second kappa shape index (κ2) is 10.4. The number of para-hydroxylation sites is 2. The molecule has 0 spiro atoms. The van der Waals surface area contributed by atoms with E-state index in [2.05, 4.69) is 16.4 Å². The Balaban J connectivity index is 1.49. The first-order chi connectivity index (χ1) is 17.9. The van der Waals surface area contributed by atoms with Crippen molar-refractivity contribution in [3.63, 3.8) is 0 Å². The fourth-order valence-corrected chi connectivity index (χ4v) is 5.44. The maximum Gasteiger partial charge on any atom is 0.247 e. The van der Waals surface area contributed by atoms with Crippen LogP contribution in [0.2, 0.25) is 0 Å². The molecule has 0 bridgehead atoms. The van der Waals surface area contributed by atoms with Crippen molar-refractivity contribution in [2.75, 3.05) is 19.7 Å². The number of hydrogen-bond acceptors (Lipinski definition) is 5. The number of rotatable bonds is 8. The van der Waals surface area contributed by atoms with Crippen LogP contribution in [0.4, 0.5) is 0 Å². The highest BCUT2D eigenvalue weighted by molar-refractivity contribution is 5.96. The Hall–Kier alpha value is -3.62. The number of carbonyl (C=O) groups excluding carboxylic acids is 2. The highest BCUT2D eigenvalue weighted by Gasteiger charge is 2.50. The zero-order chi connectivity index (χ0) is 26.1. The van der Waals surface area contributed by atoms with E-state index in [9.17, 15) is 19.8 Å². The van der Waals surface area contributed by atoms with Gasteiger partial charge >= 0.3 is 0 Å². The zero-order valence-corrected chi connectivity index (χ0v) is 21.1. The zero-order valence-electron chi connectivity index (χ0n) is 21.1. The Kier molecular flexibility index (Phi) is 7.04. The van der Waals surface area contributed by atoms with Gasteiger partial charge in [0.05, 0.1) is 18.6 Å². The molecule has 1 aromatic heterocycles. The molecule has 2 aliphatic rings. The molecule has 194 valence electrons. The second-order valence-corrected chi connectivity index (χ2v) is 10.00. The van der Waals surface area contributed by atoms with Gasteiger partial charge in [0.15, 0.2) is 0 Å². The van der Waals surface area contributed by atoms with Crippen molar-refractivity contribution < 1.29 is 24.5 Å². The van der Waals surface area contributed by atoms with Crippen molar-refractivity contribution in [3.05, 3.63) is 77.5 Å². The molecule has 0 unspecified atom stereocenters. The fraction of sp³-hybridized carbons (Fsp3) is 0.379. The number of nitrogens with one attached hydrogen (secondary N) is 2. The van der Waals surface area contributed by atoms with Crippen LogP contribution in [0.15, 0.2) is 66.2 Å². The summed E-state index contributed by atoms with van der Waals surface area (Å²) in [5.41, 5.74) is 3.28. The van der Waals surface area contributed by atoms with Gasteiger partial charge in [-0.3, -0.25) is 9.59 Å². The van der Waals surface area contributed by atoms with Crippen LogP contribution >= 0.6 is 0 Å². The minimum Gasteiger partial charge on any atom is -0.486 e. The summed E-state index contributed by atoms with van der Waals surface area (Å²) >= 11 is 0. The monoisotopic (exact) mass is 503 g/mol. The lowest BCUT2D eigenvalue weighted by Gasteiger charge is -2.41. The topological polar surface area (TPSA) is 115 Å². The molecule has 1 aliphatic carbocycles. The summed E-state index contributed by atoms with van der Waals surface area (Å²) in [7, 11) is 0. The Morgan fingerprint density at radius 2 is 1.89 bits per heavy atom. The van der Waals surface area contributed by atoms with Gasteiger partial charge in [-0.25, -0.2) is 0 Å². The maximum absolute atomic E-state index is 13.4. The van der Waals surface area contributed by atoms with Gasteiger partial charge in [-0.05, 0) is 29.7 Å². The van der Waals surface area contributed by atoms with Gasteiger partial charge in [-0.2, -0.15) is 0 Å². The molecule has 5 rings (SSSR count). The summed E-state index contributed by atoms with van der Waals surface area (Å²) in [5.74, 6) is -0.590. The van der Waals surface area contributed by atoms with Gasteiger partial charge in [0, 0.05) is 47.8 Å². The van der Waals surface area contributed by atoms with Crippen LogP contribution in [0, 0.1) is 5.92 Å². The summed E-state index contributed by atoms with van der Waals surface area (Å²) in [5, 5.41) is 24.6. The van der Waals surface area contributed by atoms with Crippen LogP contribution in [0.5, 0.6) is 5.75 Å². The predicted molar refractivity (Wildman–Crippen MR) is 140 cm³/mol. The molecule has 8 nitrogen and oxygen atoms in total. The predicted octanol–water partition coefficient (Wildman–Crippen LogP) is 2.52. The number of aliphatic hydroxyl groups excluding tert-OH is 2. The van der Waals surface area contributed by atoms with Gasteiger partial charge in [0.25, 0.3) is 0 Å². The molecular formula is C29H33N3O5. The number of fused-ring (bicyclic) bond motifs is 4. The van der Waals surface area contributed by atoms with Gasteiger partial charge in [0.2, 0.25) is 11.8 Å². The van der Waals surface area contributed by atoms with Crippen LogP contribution in [0.3, 0.4) is 0 Å². The summed E-state index contributed by atoms with van der Waals surface area (Å²) in [6.07, 6.45) is 0.538. The maximum atomic E-state index is 13.4. The molecule has 37 heavy (non-hydrogen) atoms. The molecule has 4 N–H and O–H groups in total. The van der Waals surface area contributed by atoms with Crippen LogP contribution in [0.25, 0.3) is 10.9 Å². The van der Waals surface area contributed by atoms with Gasteiger partial charge in [0.1, 0.15) is 18.0 Å². The van der Waals surface area contributed by atoms with Crippen molar-refractivity contribution in [2.24, 2.45) is 5.92 Å². The average molecular weight is 504 g/mol. The van der Waals surface area contributed by atoms with Crippen molar-refractivity contribution in [1.82, 2.24) is 15.2 Å². The highest BCUT2D eigenvalue weighted by atomic mass is 16.5. The van der Waals surface area contributed by atoms with E-state index in [0.29, 0.717) is 24.3 Å². The number of carbonyl (C=O) groups is 2. The lowest BCUT2D eigenvalue weighted by atomic mass is 9.77. The third kappa shape index (κ3) is 4.74.